The van der Waals surface area contributed by atoms with Crippen LogP contribution in [0.5, 0.6) is 0 Å². The molecule has 0 atom stereocenters. The van der Waals surface area contributed by atoms with E-state index in [-0.39, 0.29) is 6.54 Å². The van der Waals surface area contributed by atoms with Gasteiger partial charge in [-0.05, 0) is 17.7 Å². The van der Waals surface area contributed by atoms with Crippen molar-refractivity contribution in [2.75, 3.05) is 39.6 Å². The molecule has 8 nitrogen and oxygen atoms in total. The van der Waals surface area contributed by atoms with Gasteiger partial charge >= 0.3 is 0 Å². The van der Waals surface area contributed by atoms with Crippen molar-refractivity contribution in [3.8, 4) is 0 Å². The molecule has 0 unspecified atom stereocenters. The Morgan fingerprint density at radius 2 is 1.77 bits per heavy atom. The molecule has 9 heteroatoms. The minimum absolute atomic E-state index is 0.378. The summed E-state index contributed by atoms with van der Waals surface area (Å²) in [7, 11) is 3.01. The molecule has 122 valence electrons. The van der Waals surface area contributed by atoms with E-state index in [4.69, 9.17) is 0 Å². The molecule has 1 amide bonds. The van der Waals surface area contributed by atoms with Crippen LogP contribution in [0.25, 0.3) is 0 Å². The van der Waals surface area contributed by atoms with Crippen LogP contribution in [0.2, 0.25) is 0 Å². The largest absolute Gasteiger partial charge is 0.378 e. The number of hydrogen-bond donors (Lipinski definition) is 2. The van der Waals surface area contributed by atoms with E-state index in [0.29, 0.717) is 0 Å². The van der Waals surface area contributed by atoms with Crippen molar-refractivity contribution in [2.45, 2.75) is 0 Å². The van der Waals surface area contributed by atoms with Crippen molar-refractivity contribution in [1.82, 2.24) is 14.5 Å². The Hall–Kier alpha value is -1.97. The summed E-state index contributed by atoms with van der Waals surface area (Å²) in [4.78, 5) is 13.4. The van der Waals surface area contributed by atoms with Crippen LogP contribution in [-0.2, 0) is 15.0 Å². The zero-order chi connectivity index (χ0) is 16.8. The summed E-state index contributed by atoms with van der Waals surface area (Å²) in [5.41, 5.74) is 4.13. The Balaban J connectivity index is 2.47. The average molecular weight is 327 g/mol. The summed E-state index contributed by atoms with van der Waals surface area (Å²) in [5, 5.41) is 3.78. The van der Waals surface area contributed by atoms with E-state index in [1.807, 2.05) is 43.3 Å². The maximum absolute atomic E-state index is 11.5. The Labute approximate surface area is 131 Å². The van der Waals surface area contributed by atoms with E-state index < -0.39 is 16.1 Å². The van der Waals surface area contributed by atoms with Crippen LogP contribution in [0.15, 0.2) is 29.4 Å². The monoisotopic (exact) mass is 327 g/mol. The standard InChI is InChI=1S/C13H21N5O3S/c1-17(2)12-7-5-11(6-8-12)9-14-16-13(19)10-15-22(20,21)18(3)4/h5-9,15H,10H2,1-4H3,(H,16,19). The topological polar surface area (TPSA) is 94.1 Å². The highest BCUT2D eigenvalue weighted by molar-refractivity contribution is 7.87. The molecule has 0 aromatic heterocycles. The lowest BCUT2D eigenvalue weighted by atomic mass is 10.2. The second-order valence-electron chi connectivity index (χ2n) is 4.89. The fourth-order valence-electron chi connectivity index (χ4n) is 1.36. The zero-order valence-electron chi connectivity index (χ0n) is 13.1. The number of nitrogens with zero attached hydrogens (tertiary/aromatic N) is 3. The van der Waals surface area contributed by atoms with Crippen molar-refractivity contribution >= 4 is 28.0 Å². The molecule has 2 N–H and O–H groups in total. The van der Waals surface area contributed by atoms with Crippen molar-refractivity contribution in [2.24, 2.45) is 5.10 Å². The van der Waals surface area contributed by atoms with Crippen molar-refractivity contribution in [3.63, 3.8) is 0 Å². The van der Waals surface area contributed by atoms with Gasteiger partial charge in [0.25, 0.3) is 16.1 Å². The third-order valence-electron chi connectivity index (χ3n) is 2.71. The van der Waals surface area contributed by atoms with E-state index in [1.54, 1.807) is 0 Å². The molecule has 0 saturated heterocycles. The smallest absolute Gasteiger partial charge is 0.279 e. The molecule has 1 aromatic carbocycles. The summed E-state index contributed by atoms with van der Waals surface area (Å²) < 4.78 is 25.9. The van der Waals surface area contributed by atoms with Crippen LogP contribution in [-0.4, -0.2) is 59.6 Å². The molecule has 0 radical (unpaired) electrons. The molecular weight excluding hydrogens is 306 g/mol. The first-order chi connectivity index (χ1) is 10.2. The average Bonchev–Trinajstić information content (AvgIpc) is 2.45. The van der Waals surface area contributed by atoms with Crippen LogP contribution in [0.4, 0.5) is 5.69 Å². The van der Waals surface area contributed by atoms with Gasteiger partial charge in [-0.1, -0.05) is 12.1 Å². The first-order valence-electron chi connectivity index (χ1n) is 6.49. The van der Waals surface area contributed by atoms with Gasteiger partial charge in [-0.25, -0.2) is 5.43 Å². The lowest BCUT2D eigenvalue weighted by Gasteiger charge is -2.11. The normalized spacial score (nSPS) is 11.9. The van der Waals surface area contributed by atoms with Gasteiger partial charge in [-0.3, -0.25) is 4.79 Å². The zero-order valence-corrected chi connectivity index (χ0v) is 13.9. The summed E-state index contributed by atoms with van der Waals surface area (Å²) in [5.74, 6) is -0.549. The Morgan fingerprint density at radius 3 is 2.27 bits per heavy atom. The fraction of sp³-hybridized carbons (Fsp3) is 0.385. The lowest BCUT2D eigenvalue weighted by Crippen LogP contribution is -2.41. The summed E-state index contributed by atoms with van der Waals surface area (Å²) in [6.45, 7) is -0.378. The molecular formula is C13H21N5O3S. The molecule has 0 aliphatic heterocycles. The van der Waals surface area contributed by atoms with Gasteiger partial charge in [0, 0.05) is 33.9 Å². The minimum Gasteiger partial charge on any atom is -0.378 e. The Bertz CT molecular complexity index is 624. The van der Waals surface area contributed by atoms with Crippen LogP contribution in [0.3, 0.4) is 0 Å². The SMILES string of the molecule is CN(C)c1ccc(C=NNC(=O)CNS(=O)(=O)N(C)C)cc1. The first-order valence-corrected chi connectivity index (χ1v) is 7.93. The maximum atomic E-state index is 11.5. The number of rotatable bonds is 7. The molecule has 0 aliphatic carbocycles. The predicted octanol–water partition coefficient (Wildman–Crippen LogP) is -0.401. The Morgan fingerprint density at radius 1 is 1.18 bits per heavy atom. The van der Waals surface area contributed by atoms with Crippen LogP contribution in [0, 0.1) is 0 Å². The molecule has 0 heterocycles. The number of anilines is 1. The van der Waals surface area contributed by atoms with Crippen LogP contribution >= 0.6 is 0 Å². The highest BCUT2D eigenvalue weighted by Crippen LogP contribution is 2.10. The number of amides is 1. The third kappa shape index (κ3) is 5.80. The number of nitrogens with one attached hydrogen (secondary N) is 2. The lowest BCUT2D eigenvalue weighted by molar-refractivity contribution is -0.119. The van der Waals surface area contributed by atoms with Gasteiger partial charge in [0.05, 0.1) is 12.8 Å². The molecule has 0 spiro atoms. The van der Waals surface area contributed by atoms with Crippen molar-refractivity contribution in [3.05, 3.63) is 29.8 Å². The molecule has 22 heavy (non-hydrogen) atoms. The van der Waals surface area contributed by atoms with Gasteiger partial charge in [-0.2, -0.15) is 22.5 Å². The third-order valence-corrected chi connectivity index (χ3v) is 4.18. The number of hydrogen-bond acceptors (Lipinski definition) is 5. The minimum atomic E-state index is -3.62. The number of carbonyl (C=O) groups excluding carboxylic acids is 1. The quantitative estimate of drug-likeness (QED) is 0.526. The van der Waals surface area contributed by atoms with Gasteiger partial charge in [0.1, 0.15) is 0 Å². The van der Waals surface area contributed by atoms with Gasteiger partial charge in [-0.15, -0.1) is 0 Å². The summed E-state index contributed by atoms with van der Waals surface area (Å²) in [6.07, 6.45) is 1.48. The van der Waals surface area contributed by atoms with Crippen LogP contribution in [0.1, 0.15) is 5.56 Å². The van der Waals surface area contributed by atoms with Crippen LogP contribution < -0.4 is 15.0 Å². The van der Waals surface area contributed by atoms with Crippen molar-refractivity contribution in [1.29, 1.82) is 0 Å². The van der Waals surface area contributed by atoms with Gasteiger partial charge < -0.3 is 4.90 Å². The summed E-state index contributed by atoms with van der Waals surface area (Å²) in [6, 6.07) is 7.57. The second-order valence-corrected chi connectivity index (χ2v) is 6.86. The predicted molar refractivity (Wildman–Crippen MR) is 87.1 cm³/mol. The number of carbonyl (C=O) groups is 1. The molecule has 1 aromatic rings. The highest BCUT2D eigenvalue weighted by atomic mass is 32.2. The first kappa shape index (κ1) is 18.1. The van der Waals surface area contributed by atoms with E-state index in [1.165, 1.54) is 20.3 Å². The van der Waals surface area contributed by atoms with E-state index in [9.17, 15) is 13.2 Å². The molecule has 0 saturated carbocycles. The molecule has 1 rings (SSSR count). The second kappa shape index (κ2) is 7.87. The molecule has 0 bridgehead atoms. The van der Waals surface area contributed by atoms with Crippen molar-refractivity contribution < 1.29 is 13.2 Å². The van der Waals surface area contributed by atoms with Gasteiger partial charge in [0.2, 0.25) is 0 Å². The molecule has 0 aliphatic rings. The van der Waals surface area contributed by atoms with E-state index >= 15 is 0 Å². The Kier molecular flexibility index (Phi) is 6.47. The van der Waals surface area contributed by atoms with Gasteiger partial charge in [0.15, 0.2) is 0 Å². The highest BCUT2D eigenvalue weighted by Gasteiger charge is 2.13. The maximum Gasteiger partial charge on any atom is 0.279 e. The number of benzene rings is 1. The van der Waals surface area contributed by atoms with E-state index in [0.717, 1.165) is 15.6 Å². The summed E-state index contributed by atoms with van der Waals surface area (Å²) >= 11 is 0. The molecule has 0 fully saturated rings. The number of hydrazone groups is 1. The van der Waals surface area contributed by atoms with E-state index in [2.05, 4.69) is 15.2 Å². The fourth-order valence-corrected chi connectivity index (χ4v) is 1.93.